The van der Waals surface area contributed by atoms with E-state index >= 15 is 0 Å². The lowest BCUT2D eigenvalue weighted by molar-refractivity contribution is -0.697. The van der Waals surface area contributed by atoms with Crippen LogP contribution in [0, 0.1) is 0 Å². The summed E-state index contributed by atoms with van der Waals surface area (Å²) in [6, 6.07) is 28.2. The summed E-state index contributed by atoms with van der Waals surface area (Å²) < 4.78 is 2.24. The monoisotopic (exact) mass is 906 g/mol. The topological polar surface area (TPSA) is 48.0 Å². The summed E-state index contributed by atoms with van der Waals surface area (Å²) >= 11 is 10.3. The summed E-state index contributed by atoms with van der Waals surface area (Å²) in [6.07, 6.45) is 22.0. The molecule has 260 valence electrons. The minimum Gasteiger partial charge on any atom is -1.00 e. The molecule has 48 heavy (non-hydrogen) atoms. The SMILES string of the molecule is BrCCCCCCBr.CN(/N=C/c1cc[n+](CCCCCCBr)cc1)c1ccccc1.CN(/N=C/c1ccncc1)c1ccccc1.[Br-]. The minimum absolute atomic E-state index is 0. The van der Waals surface area contributed by atoms with Crippen LogP contribution in [0.4, 0.5) is 11.4 Å². The fraction of sp³-hybridized carbons (Fsp3) is 0.368. The van der Waals surface area contributed by atoms with Crippen LogP contribution in [0.2, 0.25) is 0 Å². The molecular formula is C38H50Br4N6. The predicted molar refractivity (Wildman–Crippen MR) is 214 cm³/mol. The van der Waals surface area contributed by atoms with Gasteiger partial charge in [-0.05, 0) is 67.6 Å². The van der Waals surface area contributed by atoms with Gasteiger partial charge in [0.1, 0.15) is 6.54 Å². The number of benzene rings is 2. The van der Waals surface area contributed by atoms with Crippen molar-refractivity contribution < 1.29 is 21.5 Å². The third kappa shape index (κ3) is 20.9. The van der Waals surface area contributed by atoms with Crippen LogP contribution >= 0.6 is 47.8 Å². The van der Waals surface area contributed by atoms with E-state index in [0.717, 1.165) is 45.0 Å². The Bertz CT molecular complexity index is 1340. The van der Waals surface area contributed by atoms with E-state index in [-0.39, 0.29) is 17.0 Å². The molecular weight excluding hydrogens is 860 g/mol. The Morgan fingerprint density at radius 2 is 0.958 bits per heavy atom. The van der Waals surface area contributed by atoms with Gasteiger partial charge in [-0.1, -0.05) is 103 Å². The van der Waals surface area contributed by atoms with Crippen LogP contribution < -0.4 is 31.6 Å². The minimum atomic E-state index is 0. The second kappa shape index (κ2) is 29.5. The average Bonchev–Trinajstić information content (AvgIpc) is 3.13. The van der Waals surface area contributed by atoms with Crippen molar-refractivity contribution in [3.05, 3.63) is 121 Å². The van der Waals surface area contributed by atoms with Gasteiger partial charge in [0.15, 0.2) is 12.4 Å². The molecule has 0 radical (unpaired) electrons. The first-order valence-electron chi connectivity index (χ1n) is 16.3. The van der Waals surface area contributed by atoms with E-state index in [4.69, 9.17) is 0 Å². The smallest absolute Gasteiger partial charge is 0.169 e. The number of nitrogens with zero attached hydrogens (tertiary/aromatic N) is 6. The molecule has 10 heteroatoms. The van der Waals surface area contributed by atoms with E-state index in [1.807, 2.05) is 109 Å². The van der Waals surface area contributed by atoms with Crippen LogP contribution in [0.5, 0.6) is 0 Å². The lowest BCUT2D eigenvalue weighted by Crippen LogP contribution is -3.00. The molecule has 0 saturated carbocycles. The molecule has 0 atom stereocenters. The van der Waals surface area contributed by atoms with E-state index in [1.165, 1.54) is 51.4 Å². The number of aryl methyl sites for hydroxylation is 1. The van der Waals surface area contributed by atoms with Gasteiger partial charge < -0.3 is 17.0 Å². The number of aromatic nitrogens is 2. The first-order chi connectivity index (χ1) is 23.1. The Morgan fingerprint density at radius 3 is 1.38 bits per heavy atom. The molecule has 0 aliphatic heterocycles. The highest BCUT2D eigenvalue weighted by Gasteiger charge is 2.01. The summed E-state index contributed by atoms with van der Waals surface area (Å²) in [5, 5.41) is 16.0. The van der Waals surface area contributed by atoms with Gasteiger partial charge in [0.05, 0.1) is 23.8 Å². The lowest BCUT2D eigenvalue weighted by atomic mass is 10.2. The summed E-state index contributed by atoms with van der Waals surface area (Å²) in [5.74, 6) is 0. The molecule has 0 amide bonds. The molecule has 6 nitrogen and oxygen atoms in total. The Morgan fingerprint density at radius 1 is 0.562 bits per heavy atom. The van der Waals surface area contributed by atoms with Gasteiger partial charge in [0.2, 0.25) is 0 Å². The van der Waals surface area contributed by atoms with Crippen LogP contribution in [0.25, 0.3) is 0 Å². The van der Waals surface area contributed by atoms with Gasteiger partial charge in [0.25, 0.3) is 0 Å². The predicted octanol–water partition coefficient (Wildman–Crippen LogP) is 7.29. The van der Waals surface area contributed by atoms with Crippen molar-refractivity contribution in [1.29, 1.82) is 0 Å². The standard InChI is InChI=1S/C19H25BrN3.C13H13N3.C6H12Br2.BrH/c1-22(19-9-5-4-6-10-19)21-17-18-11-15-23(16-12-18)14-8-3-2-7-13-20;1-16(13-5-3-2-4-6-13)15-11-12-7-9-14-10-8-12;7-5-3-1-2-4-6-8;/h4-6,9-12,15-17H,2-3,7-8,13-14H2,1H3;2-11H,1H3;1-6H2;1H/q+1;;;/p-1/b;15-11+;;. The third-order valence-corrected chi connectivity index (χ3v) is 8.64. The van der Waals surface area contributed by atoms with E-state index in [9.17, 15) is 0 Å². The third-order valence-electron chi connectivity index (χ3n) is 6.96. The van der Waals surface area contributed by atoms with E-state index in [0.29, 0.717) is 0 Å². The summed E-state index contributed by atoms with van der Waals surface area (Å²) in [6.45, 7) is 1.09. The molecule has 2 heterocycles. The van der Waals surface area contributed by atoms with E-state index < -0.39 is 0 Å². The average molecular weight is 910 g/mol. The Balaban J connectivity index is 0.000000400. The number of para-hydroxylation sites is 2. The van der Waals surface area contributed by atoms with Crippen molar-refractivity contribution in [3.8, 4) is 0 Å². The first kappa shape index (κ1) is 43.6. The number of pyridine rings is 2. The summed E-state index contributed by atoms with van der Waals surface area (Å²) in [4.78, 5) is 3.96. The van der Waals surface area contributed by atoms with Gasteiger partial charge >= 0.3 is 0 Å². The number of hydrogen-bond acceptors (Lipinski definition) is 5. The second-order valence-electron chi connectivity index (χ2n) is 10.8. The first-order valence-corrected chi connectivity index (χ1v) is 19.7. The number of hydrogen-bond donors (Lipinski definition) is 0. The molecule has 0 bridgehead atoms. The summed E-state index contributed by atoms with van der Waals surface area (Å²) in [5.41, 5.74) is 4.30. The van der Waals surface area contributed by atoms with Crippen molar-refractivity contribution in [2.75, 3.05) is 40.1 Å². The van der Waals surface area contributed by atoms with Crippen LogP contribution in [0.1, 0.15) is 62.5 Å². The van der Waals surface area contributed by atoms with Gasteiger partial charge in [-0.2, -0.15) is 10.2 Å². The molecule has 0 spiro atoms. The maximum Gasteiger partial charge on any atom is 0.169 e. The Hall–Kier alpha value is -2.40. The van der Waals surface area contributed by atoms with Crippen LogP contribution in [0.3, 0.4) is 0 Å². The quantitative estimate of drug-likeness (QED) is 0.0368. The van der Waals surface area contributed by atoms with Crippen molar-refractivity contribution in [2.45, 2.75) is 57.9 Å². The molecule has 0 unspecified atom stereocenters. The van der Waals surface area contributed by atoms with E-state index in [1.54, 1.807) is 12.4 Å². The highest BCUT2D eigenvalue weighted by Crippen LogP contribution is 2.12. The van der Waals surface area contributed by atoms with Crippen molar-refractivity contribution in [2.24, 2.45) is 10.2 Å². The van der Waals surface area contributed by atoms with Gasteiger partial charge in [-0.15, -0.1) is 0 Å². The second-order valence-corrected chi connectivity index (χ2v) is 13.1. The zero-order valence-electron chi connectivity index (χ0n) is 28.2. The maximum absolute atomic E-state index is 4.48. The molecule has 4 aromatic rings. The molecule has 0 aliphatic carbocycles. The van der Waals surface area contributed by atoms with Crippen molar-refractivity contribution >= 4 is 71.6 Å². The van der Waals surface area contributed by atoms with Gasteiger partial charge in [0, 0.05) is 66.6 Å². The number of anilines is 2. The summed E-state index contributed by atoms with van der Waals surface area (Å²) in [7, 11) is 3.88. The van der Waals surface area contributed by atoms with Crippen molar-refractivity contribution in [3.63, 3.8) is 0 Å². The van der Waals surface area contributed by atoms with Crippen LogP contribution in [-0.2, 0) is 6.54 Å². The molecule has 0 fully saturated rings. The molecule has 4 rings (SSSR count). The normalized spacial score (nSPS) is 10.4. The van der Waals surface area contributed by atoms with Crippen molar-refractivity contribution in [1.82, 2.24) is 4.98 Å². The highest BCUT2D eigenvalue weighted by molar-refractivity contribution is 9.09. The highest BCUT2D eigenvalue weighted by atomic mass is 79.9. The molecule has 0 saturated heterocycles. The zero-order valence-corrected chi connectivity index (χ0v) is 34.6. The van der Waals surface area contributed by atoms with Gasteiger partial charge in [-0.25, -0.2) is 4.57 Å². The van der Waals surface area contributed by atoms with E-state index in [2.05, 4.69) is 92.1 Å². The van der Waals surface area contributed by atoms with Crippen LogP contribution in [-0.4, -0.2) is 47.5 Å². The fourth-order valence-electron chi connectivity index (χ4n) is 4.17. The lowest BCUT2D eigenvalue weighted by Gasteiger charge is -2.11. The Labute approximate surface area is 324 Å². The number of hydrazone groups is 2. The number of rotatable bonds is 17. The number of unbranched alkanes of at least 4 members (excludes halogenated alkanes) is 6. The number of halogens is 4. The molecule has 2 aromatic heterocycles. The Kier molecular flexibility index (Phi) is 26.8. The maximum atomic E-state index is 4.48. The molecule has 0 aliphatic rings. The zero-order chi connectivity index (χ0) is 33.8. The van der Waals surface area contributed by atoms with Crippen LogP contribution in [0.15, 0.2) is 120 Å². The van der Waals surface area contributed by atoms with Gasteiger partial charge in [-0.3, -0.25) is 15.0 Å². The largest absolute Gasteiger partial charge is 1.00 e. The number of alkyl halides is 3. The fourth-order valence-corrected chi connectivity index (χ4v) is 5.36. The molecule has 0 N–H and O–H groups in total. The molecule has 2 aromatic carbocycles.